The first-order valence-electron chi connectivity index (χ1n) is 10.3. The minimum atomic E-state index is 0.0431. The Hall–Kier alpha value is -1.51. The van der Waals surface area contributed by atoms with E-state index in [9.17, 15) is 4.79 Å². The van der Waals surface area contributed by atoms with Crippen molar-refractivity contribution in [2.75, 3.05) is 6.61 Å². The van der Waals surface area contributed by atoms with Gasteiger partial charge in [0.05, 0.1) is 6.61 Å². The number of hydrogen-bond acceptors (Lipinski definition) is 2. The molecule has 1 aliphatic carbocycles. The molecule has 1 saturated carbocycles. The summed E-state index contributed by atoms with van der Waals surface area (Å²) in [5.74, 6) is 0.905. The first kappa shape index (κ1) is 19.8. The second-order valence-corrected chi connectivity index (χ2v) is 7.30. The van der Waals surface area contributed by atoms with Crippen LogP contribution in [0.5, 0.6) is 5.75 Å². The van der Waals surface area contributed by atoms with Crippen molar-refractivity contribution in [3.63, 3.8) is 0 Å². The molecule has 0 heterocycles. The third kappa shape index (κ3) is 7.94. The molecule has 1 amide bonds. The zero-order valence-electron chi connectivity index (χ0n) is 15.9. The summed E-state index contributed by atoms with van der Waals surface area (Å²) in [4.78, 5) is 12.2. The molecule has 1 fully saturated rings. The molecule has 0 bridgehead atoms. The van der Waals surface area contributed by atoms with E-state index < -0.39 is 0 Å². The maximum absolute atomic E-state index is 12.2. The van der Waals surface area contributed by atoms with Crippen molar-refractivity contribution >= 4 is 5.91 Å². The highest BCUT2D eigenvalue weighted by atomic mass is 16.5. The van der Waals surface area contributed by atoms with Crippen molar-refractivity contribution in [3.8, 4) is 5.75 Å². The predicted octanol–water partition coefficient (Wildman–Crippen LogP) is 5.88. The summed E-state index contributed by atoms with van der Waals surface area (Å²) in [6, 6.07) is 7.92. The monoisotopic (exact) mass is 345 g/mol. The van der Waals surface area contributed by atoms with Crippen molar-refractivity contribution in [1.82, 2.24) is 5.32 Å². The Bertz CT molecular complexity index is 477. The Labute approximate surface area is 153 Å². The third-order valence-electron chi connectivity index (χ3n) is 5.07. The predicted molar refractivity (Wildman–Crippen MR) is 104 cm³/mol. The van der Waals surface area contributed by atoms with E-state index in [0.29, 0.717) is 6.04 Å². The van der Waals surface area contributed by atoms with Gasteiger partial charge < -0.3 is 10.1 Å². The molecule has 0 saturated heterocycles. The number of amides is 1. The van der Waals surface area contributed by atoms with Crippen LogP contribution in [-0.2, 0) is 0 Å². The summed E-state index contributed by atoms with van der Waals surface area (Å²) in [5.41, 5.74) is 0.728. The molecular weight excluding hydrogens is 310 g/mol. The van der Waals surface area contributed by atoms with Crippen molar-refractivity contribution in [2.24, 2.45) is 0 Å². The van der Waals surface area contributed by atoms with Crippen LogP contribution in [0.3, 0.4) is 0 Å². The molecule has 0 spiro atoms. The van der Waals surface area contributed by atoms with Crippen LogP contribution in [0.4, 0.5) is 0 Å². The van der Waals surface area contributed by atoms with E-state index in [-0.39, 0.29) is 5.91 Å². The molecule has 1 aromatic carbocycles. The Kier molecular flexibility index (Phi) is 9.46. The van der Waals surface area contributed by atoms with Gasteiger partial charge in [0.1, 0.15) is 5.75 Å². The smallest absolute Gasteiger partial charge is 0.251 e. The van der Waals surface area contributed by atoms with Crippen molar-refractivity contribution in [1.29, 1.82) is 0 Å². The molecule has 1 N–H and O–H groups in total. The van der Waals surface area contributed by atoms with E-state index in [2.05, 4.69) is 12.2 Å². The third-order valence-corrected chi connectivity index (χ3v) is 5.07. The van der Waals surface area contributed by atoms with Gasteiger partial charge in [0, 0.05) is 11.6 Å². The first-order chi connectivity index (χ1) is 12.3. The van der Waals surface area contributed by atoms with Crippen molar-refractivity contribution in [3.05, 3.63) is 29.8 Å². The van der Waals surface area contributed by atoms with Gasteiger partial charge in [0.15, 0.2) is 0 Å². The Balaban J connectivity index is 1.56. The maximum atomic E-state index is 12.2. The second kappa shape index (κ2) is 11.9. The van der Waals surface area contributed by atoms with Crippen LogP contribution < -0.4 is 10.1 Å². The number of carbonyl (C=O) groups excluding carboxylic acids is 1. The molecule has 3 nitrogen and oxygen atoms in total. The number of nitrogens with one attached hydrogen (secondary N) is 1. The summed E-state index contributed by atoms with van der Waals surface area (Å²) in [6.07, 6.45) is 15.2. The quantitative estimate of drug-likeness (QED) is 0.480. The summed E-state index contributed by atoms with van der Waals surface area (Å²) in [6.45, 7) is 3.02. The minimum Gasteiger partial charge on any atom is -0.494 e. The van der Waals surface area contributed by atoms with E-state index in [1.807, 2.05) is 24.3 Å². The van der Waals surface area contributed by atoms with E-state index in [1.165, 1.54) is 57.8 Å². The highest BCUT2D eigenvalue weighted by Crippen LogP contribution is 2.19. The molecule has 1 aliphatic rings. The van der Waals surface area contributed by atoms with Crippen molar-refractivity contribution < 1.29 is 9.53 Å². The van der Waals surface area contributed by atoms with Gasteiger partial charge in [-0.25, -0.2) is 0 Å². The number of rotatable bonds is 12. The highest BCUT2D eigenvalue weighted by Gasteiger charge is 2.17. The van der Waals surface area contributed by atoms with Gasteiger partial charge in [-0.05, 0) is 43.5 Å². The van der Waals surface area contributed by atoms with Crippen LogP contribution in [0, 0.1) is 0 Å². The molecule has 1 aromatic rings. The van der Waals surface area contributed by atoms with Gasteiger partial charge in [0.2, 0.25) is 0 Å². The Morgan fingerprint density at radius 3 is 2.20 bits per heavy atom. The lowest BCUT2D eigenvalue weighted by atomic mass is 10.1. The molecule has 0 aromatic heterocycles. The molecule has 3 heteroatoms. The second-order valence-electron chi connectivity index (χ2n) is 7.30. The summed E-state index contributed by atoms with van der Waals surface area (Å²) >= 11 is 0. The van der Waals surface area contributed by atoms with Gasteiger partial charge in [0.25, 0.3) is 5.91 Å². The Morgan fingerprint density at radius 1 is 0.960 bits per heavy atom. The maximum Gasteiger partial charge on any atom is 0.251 e. The van der Waals surface area contributed by atoms with Crippen LogP contribution in [0.15, 0.2) is 24.3 Å². The van der Waals surface area contributed by atoms with Gasteiger partial charge in [-0.2, -0.15) is 0 Å². The fraction of sp³-hybridized carbons (Fsp3) is 0.682. The number of carbonyl (C=O) groups is 1. The molecule has 0 aliphatic heterocycles. The van der Waals surface area contributed by atoms with Gasteiger partial charge in [-0.15, -0.1) is 0 Å². The van der Waals surface area contributed by atoms with Crippen LogP contribution in [0.25, 0.3) is 0 Å². The van der Waals surface area contributed by atoms with Crippen LogP contribution in [-0.4, -0.2) is 18.6 Å². The average Bonchev–Trinajstić information content (AvgIpc) is 3.14. The summed E-state index contributed by atoms with van der Waals surface area (Å²) in [5, 5.41) is 3.12. The van der Waals surface area contributed by atoms with E-state index >= 15 is 0 Å². The highest BCUT2D eigenvalue weighted by molar-refractivity contribution is 5.94. The lowest BCUT2D eigenvalue weighted by Crippen LogP contribution is -2.32. The van der Waals surface area contributed by atoms with Crippen LogP contribution >= 0.6 is 0 Å². The molecular formula is C22H35NO2. The van der Waals surface area contributed by atoms with Gasteiger partial charge >= 0.3 is 0 Å². The van der Waals surface area contributed by atoms with Crippen LogP contribution in [0.2, 0.25) is 0 Å². The molecule has 140 valence electrons. The molecule has 25 heavy (non-hydrogen) atoms. The number of hydrogen-bond donors (Lipinski definition) is 1. The topological polar surface area (TPSA) is 38.3 Å². The normalized spacial score (nSPS) is 14.6. The number of benzene rings is 1. The standard InChI is InChI=1S/C22H35NO2/c1-2-3-4-5-6-7-8-11-18-25-21-16-14-19(15-17-21)22(24)23-20-12-9-10-13-20/h14-17,20H,2-13,18H2,1H3,(H,23,24). The van der Waals surface area contributed by atoms with Gasteiger partial charge in [-0.1, -0.05) is 64.7 Å². The SMILES string of the molecule is CCCCCCCCCCOc1ccc(C(=O)NC2CCCC2)cc1. The number of ether oxygens (including phenoxy) is 1. The molecule has 2 rings (SSSR count). The molecule has 0 unspecified atom stereocenters. The minimum absolute atomic E-state index is 0.0431. The zero-order chi connectivity index (χ0) is 17.7. The van der Waals surface area contributed by atoms with E-state index in [1.54, 1.807) is 0 Å². The van der Waals surface area contributed by atoms with E-state index in [4.69, 9.17) is 4.74 Å². The number of unbranched alkanes of at least 4 members (excludes halogenated alkanes) is 7. The van der Waals surface area contributed by atoms with Crippen LogP contribution in [0.1, 0.15) is 94.3 Å². The lowest BCUT2D eigenvalue weighted by Gasteiger charge is -2.12. The molecule has 0 atom stereocenters. The summed E-state index contributed by atoms with van der Waals surface area (Å²) in [7, 11) is 0. The largest absolute Gasteiger partial charge is 0.494 e. The Morgan fingerprint density at radius 2 is 1.56 bits per heavy atom. The first-order valence-corrected chi connectivity index (χ1v) is 10.3. The zero-order valence-corrected chi connectivity index (χ0v) is 15.9. The average molecular weight is 346 g/mol. The van der Waals surface area contributed by atoms with Gasteiger partial charge in [-0.3, -0.25) is 4.79 Å². The molecule has 0 radical (unpaired) electrons. The lowest BCUT2D eigenvalue weighted by molar-refractivity contribution is 0.0938. The van der Waals surface area contributed by atoms with Crippen molar-refractivity contribution in [2.45, 2.75) is 90.0 Å². The van der Waals surface area contributed by atoms with E-state index in [0.717, 1.165) is 37.2 Å². The fourth-order valence-corrected chi connectivity index (χ4v) is 3.47. The fourth-order valence-electron chi connectivity index (χ4n) is 3.47. The summed E-state index contributed by atoms with van der Waals surface area (Å²) < 4.78 is 5.79.